The molecule has 9 heteroatoms. The number of aryl methyl sites for hydroxylation is 2. The Labute approximate surface area is 190 Å². The number of carbonyl (C=O) groups excluding carboxylic acids is 2. The number of amides is 2. The van der Waals surface area contributed by atoms with Crippen LogP contribution in [0.2, 0.25) is 0 Å². The van der Waals surface area contributed by atoms with Gasteiger partial charge in [-0.25, -0.2) is 4.39 Å². The number of methoxy groups -OCH3 is 1. The van der Waals surface area contributed by atoms with Gasteiger partial charge in [0.25, 0.3) is 0 Å². The van der Waals surface area contributed by atoms with E-state index in [9.17, 15) is 14.0 Å². The van der Waals surface area contributed by atoms with E-state index in [4.69, 9.17) is 9.47 Å². The molecule has 0 bridgehead atoms. The van der Waals surface area contributed by atoms with E-state index in [-0.39, 0.29) is 36.5 Å². The third-order valence-electron chi connectivity index (χ3n) is 5.42. The van der Waals surface area contributed by atoms with E-state index in [1.54, 1.807) is 62.3 Å². The molecule has 2 heterocycles. The molecule has 8 nitrogen and oxygen atoms in total. The molecule has 33 heavy (non-hydrogen) atoms. The molecule has 1 aliphatic rings. The minimum Gasteiger partial charge on any atom is -0.497 e. The highest BCUT2D eigenvalue weighted by molar-refractivity contribution is 6.03. The molecule has 0 aliphatic carbocycles. The summed E-state index contributed by atoms with van der Waals surface area (Å²) < 4.78 is 24.5. The number of halogens is 1. The van der Waals surface area contributed by atoms with Gasteiger partial charge in [0.1, 0.15) is 5.75 Å². The van der Waals surface area contributed by atoms with Gasteiger partial charge in [-0.2, -0.15) is 9.97 Å². The van der Waals surface area contributed by atoms with Gasteiger partial charge in [-0.15, -0.1) is 0 Å². The number of ether oxygens (including phenoxy) is 2. The molecule has 0 saturated carbocycles. The number of nitrogens with one attached hydrogen (secondary N) is 1. The molecule has 1 aromatic heterocycles. The highest BCUT2D eigenvalue weighted by atomic mass is 19.1. The smallest absolute Gasteiger partial charge is 0.322 e. The fraction of sp³-hybridized carbons (Fsp3) is 0.250. The number of rotatable bonds is 6. The first-order chi connectivity index (χ1) is 15.9. The van der Waals surface area contributed by atoms with E-state index >= 15 is 0 Å². The molecule has 1 fully saturated rings. The Hall–Kier alpha value is -4.01. The number of carbonyl (C=O) groups is 2. The third-order valence-corrected chi connectivity index (χ3v) is 5.42. The lowest BCUT2D eigenvalue weighted by Crippen LogP contribution is -2.28. The van der Waals surface area contributed by atoms with Gasteiger partial charge in [-0.05, 0) is 50.2 Å². The summed E-state index contributed by atoms with van der Waals surface area (Å²) in [4.78, 5) is 35.5. The average molecular weight is 450 g/mol. The Morgan fingerprint density at radius 2 is 1.76 bits per heavy atom. The molecular weight excluding hydrogens is 427 g/mol. The summed E-state index contributed by atoms with van der Waals surface area (Å²) in [6.07, 6.45) is 0.102. The normalized spacial score (nSPS) is 15.5. The summed E-state index contributed by atoms with van der Waals surface area (Å²) in [6, 6.07) is 13.0. The van der Waals surface area contributed by atoms with Crippen molar-refractivity contribution in [1.82, 2.24) is 9.97 Å². The van der Waals surface area contributed by atoms with Crippen molar-refractivity contribution in [1.29, 1.82) is 0 Å². The lowest BCUT2D eigenvalue weighted by molar-refractivity contribution is -0.122. The molecule has 1 N–H and O–H groups in total. The summed E-state index contributed by atoms with van der Waals surface area (Å²) in [7, 11) is 1.57. The second-order valence-corrected chi connectivity index (χ2v) is 7.68. The minimum atomic E-state index is -0.527. The van der Waals surface area contributed by atoms with Crippen LogP contribution in [-0.4, -0.2) is 35.4 Å². The zero-order chi connectivity index (χ0) is 23.5. The maximum atomic E-state index is 13.8. The van der Waals surface area contributed by atoms with E-state index < -0.39 is 11.7 Å². The number of aromatic nitrogens is 2. The second kappa shape index (κ2) is 9.23. The second-order valence-electron chi connectivity index (χ2n) is 7.68. The average Bonchev–Trinajstić information content (AvgIpc) is 3.19. The van der Waals surface area contributed by atoms with Crippen molar-refractivity contribution >= 4 is 23.2 Å². The largest absolute Gasteiger partial charge is 0.497 e. The minimum absolute atomic E-state index is 0.0103. The SMILES string of the molecule is COc1ccc(N2CC(C(=O)Nc3c(C)nc(Oc4ccccc4F)nc3C)CC2=O)cc1. The van der Waals surface area contributed by atoms with E-state index in [2.05, 4.69) is 15.3 Å². The van der Waals surface area contributed by atoms with Gasteiger partial charge >= 0.3 is 6.01 Å². The van der Waals surface area contributed by atoms with Gasteiger partial charge in [-0.1, -0.05) is 12.1 Å². The molecule has 1 atom stereocenters. The highest BCUT2D eigenvalue weighted by Crippen LogP contribution is 2.29. The highest BCUT2D eigenvalue weighted by Gasteiger charge is 2.35. The molecule has 170 valence electrons. The standard InChI is InChI=1S/C24H23FN4O4/c1-14-22(15(2)27-24(26-14)33-20-7-5-4-6-19(20)25)28-23(31)16-12-21(30)29(13-16)17-8-10-18(32-3)11-9-17/h4-11,16H,12-13H2,1-3H3,(H,28,31). The first-order valence-electron chi connectivity index (χ1n) is 10.4. The number of benzene rings is 2. The van der Waals surface area contributed by atoms with Crippen molar-refractivity contribution in [2.75, 3.05) is 23.9 Å². The number of para-hydroxylation sites is 1. The van der Waals surface area contributed by atoms with Crippen LogP contribution in [0, 0.1) is 25.6 Å². The maximum absolute atomic E-state index is 13.8. The fourth-order valence-electron chi connectivity index (χ4n) is 3.66. The van der Waals surface area contributed by atoms with Crippen molar-refractivity contribution in [2.24, 2.45) is 5.92 Å². The van der Waals surface area contributed by atoms with Crippen LogP contribution in [0.5, 0.6) is 17.5 Å². The maximum Gasteiger partial charge on any atom is 0.322 e. The van der Waals surface area contributed by atoms with Gasteiger partial charge in [0, 0.05) is 18.7 Å². The van der Waals surface area contributed by atoms with Crippen molar-refractivity contribution in [3.8, 4) is 17.5 Å². The van der Waals surface area contributed by atoms with Crippen LogP contribution in [0.25, 0.3) is 0 Å². The zero-order valence-electron chi connectivity index (χ0n) is 18.5. The first kappa shape index (κ1) is 22.2. The van der Waals surface area contributed by atoms with E-state index in [0.717, 1.165) is 0 Å². The summed E-state index contributed by atoms with van der Waals surface area (Å²) in [5, 5.41) is 2.84. The first-order valence-corrected chi connectivity index (χ1v) is 10.4. The van der Waals surface area contributed by atoms with Gasteiger partial charge in [0.05, 0.1) is 30.1 Å². The zero-order valence-corrected chi connectivity index (χ0v) is 18.5. The van der Waals surface area contributed by atoms with Crippen LogP contribution in [0.4, 0.5) is 15.8 Å². The lowest BCUT2D eigenvalue weighted by atomic mass is 10.1. The van der Waals surface area contributed by atoms with Crippen LogP contribution in [-0.2, 0) is 9.59 Å². The Morgan fingerprint density at radius 3 is 2.39 bits per heavy atom. The van der Waals surface area contributed by atoms with Crippen LogP contribution >= 0.6 is 0 Å². The van der Waals surface area contributed by atoms with Crippen LogP contribution in [0.3, 0.4) is 0 Å². The third kappa shape index (κ3) is 4.77. The van der Waals surface area contributed by atoms with Gasteiger partial charge in [-0.3, -0.25) is 9.59 Å². The van der Waals surface area contributed by atoms with Gasteiger partial charge < -0.3 is 19.7 Å². The Bertz CT molecular complexity index is 1180. The summed E-state index contributed by atoms with van der Waals surface area (Å²) >= 11 is 0. The molecule has 2 aromatic carbocycles. The Kier molecular flexibility index (Phi) is 6.21. The van der Waals surface area contributed by atoms with Gasteiger partial charge in [0.15, 0.2) is 11.6 Å². The number of anilines is 2. The van der Waals surface area contributed by atoms with Crippen molar-refractivity contribution < 1.29 is 23.5 Å². The number of hydrogen-bond acceptors (Lipinski definition) is 6. The number of hydrogen-bond donors (Lipinski definition) is 1. The van der Waals surface area contributed by atoms with E-state index in [1.807, 2.05) is 0 Å². The summed E-state index contributed by atoms with van der Waals surface area (Å²) in [6.45, 7) is 3.66. The van der Waals surface area contributed by atoms with E-state index in [0.29, 0.717) is 28.5 Å². The lowest BCUT2D eigenvalue weighted by Gasteiger charge is -2.18. The Balaban J connectivity index is 1.45. The molecule has 0 radical (unpaired) electrons. The van der Waals surface area contributed by atoms with Crippen LogP contribution < -0.4 is 19.7 Å². The molecule has 1 saturated heterocycles. The predicted octanol–water partition coefficient (Wildman–Crippen LogP) is 4.03. The van der Waals surface area contributed by atoms with Crippen molar-refractivity contribution in [2.45, 2.75) is 20.3 Å². The fourth-order valence-corrected chi connectivity index (χ4v) is 3.66. The van der Waals surface area contributed by atoms with Crippen molar-refractivity contribution in [3.63, 3.8) is 0 Å². The molecule has 2 amide bonds. The van der Waals surface area contributed by atoms with Crippen LogP contribution in [0.1, 0.15) is 17.8 Å². The predicted molar refractivity (Wildman–Crippen MR) is 120 cm³/mol. The molecular formula is C24H23FN4O4. The number of nitrogens with zero attached hydrogens (tertiary/aromatic N) is 3. The topological polar surface area (TPSA) is 93.7 Å². The molecule has 0 spiro atoms. The van der Waals surface area contributed by atoms with Crippen LogP contribution in [0.15, 0.2) is 48.5 Å². The Morgan fingerprint density at radius 1 is 1.09 bits per heavy atom. The summed E-state index contributed by atoms with van der Waals surface area (Å²) in [5.74, 6) is -0.770. The van der Waals surface area contributed by atoms with E-state index in [1.165, 1.54) is 12.1 Å². The summed E-state index contributed by atoms with van der Waals surface area (Å²) in [5.41, 5.74) is 2.09. The molecule has 1 aliphatic heterocycles. The molecule has 3 aromatic rings. The molecule has 4 rings (SSSR count). The van der Waals surface area contributed by atoms with Crippen molar-refractivity contribution in [3.05, 3.63) is 65.7 Å². The molecule has 1 unspecified atom stereocenters. The quantitative estimate of drug-likeness (QED) is 0.610. The monoisotopic (exact) mass is 450 g/mol. The van der Waals surface area contributed by atoms with Gasteiger partial charge in [0.2, 0.25) is 11.8 Å².